The van der Waals surface area contributed by atoms with E-state index in [0.29, 0.717) is 42.5 Å². The standard InChI is InChI=1S/C26H27ClN4O2S/c27-21-7-3-1-5-18(21)15-31-25(33)20-10-9-16(13-23(20)30-26(31)34)24(32)28-12-11-17-14-29-22-8-4-2-6-19(17)22/h1-8,14,16,20,23,29H,9-13,15H2,(H,28,32)(H,30,34). The minimum Gasteiger partial charge on any atom is -0.361 e. The molecule has 2 amide bonds. The molecule has 1 saturated carbocycles. The van der Waals surface area contributed by atoms with Crippen LogP contribution >= 0.6 is 23.8 Å². The molecular weight excluding hydrogens is 468 g/mol. The van der Waals surface area contributed by atoms with E-state index in [1.165, 1.54) is 10.9 Å². The second kappa shape index (κ2) is 9.76. The number of nitrogens with zero attached hydrogens (tertiary/aromatic N) is 1. The average Bonchev–Trinajstić information content (AvgIpc) is 3.25. The summed E-state index contributed by atoms with van der Waals surface area (Å²) in [6, 6.07) is 15.5. The van der Waals surface area contributed by atoms with Gasteiger partial charge in [-0.15, -0.1) is 0 Å². The van der Waals surface area contributed by atoms with Crippen molar-refractivity contribution in [3.8, 4) is 0 Å². The number of nitrogens with one attached hydrogen (secondary N) is 3. The van der Waals surface area contributed by atoms with Crippen molar-refractivity contribution in [2.75, 3.05) is 6.54 Å². The number of para-hydroxylation sites is 1. The largest absolute Gasteiger partial charge is 0.361 e. The van der Waals surface area contributed by atoms with Gasteiger partial charge in [-0.25, -0.2) is 0 Å². The Balaban J connectivity index is 1.16. The molecule has 176 valence electrons. The number of fused-ring (bicyclic) bond motifs is 2. The summed E-state index contributed by atoms with van der Waals surface area (Å²) in [6.07, 6.45) is 4.75. The van der Waals surface area contributed by atoms with E-state index < -0.39 is 0 Å². The molecule has 3 N–H and O–H groups in total. The number of H-pyrrole nitrogens is 1. The van der Waals surface area contributed by atoms with E-state index in [2.05, 4.69) is 21.7 Å². The number of thiocarbonyl (C=S) groups is 1. The van der Waals surface area contributed by atoms with Gasteiger partial charge < -0.3 is 15.6 Å². The van der Waals surface area contributed by atoms with Gasteiger partial charge in [-0.2, -0.15) is 0 Å². The van der Waals surface area contributed by atoms with Crippen molar-refractivity contribution in [2.24, 2.45) is 11.8 Å². The Bertz CT molecular complexity index is 1240. The topological polar surface area (TPSA) is 77.2 Å². The molecule has 0 spiro atoms. The van der Waals surface area contributed by atoms with Crippen molar-refractivity contribution in [1.29, 1.82) is 0 Å². The van der Waals surface area contributed by atoms with Crippen molar-refractivity contribution < 1.29 is 9.59 Å². The number of carbonyl (C=O) groups is 2. The maximum absolute atomic E-state index is 13.2. The van der Waals surface area contributed by atoms with Crippen LogP contribution in [-0.4, -0.2) is 39.4 Å². The summed E-state index contributed by atoms with van der Waals surface area (Å²) in [5.74, 6) is -0.226. The van der Waals surface area contributed by atoms with E-state index in [4.69, 9.17) is 23.8 Å². The molecule has 1 aromatic heterocycles. The molecule has 1 aliphatic carbocycles. The fourth-order valence-electron chi connectivity index (χ4n) is 5.15. The summed E-state index contributed by atoms with van der Waals surface area (Å²) >= 11 is 11.8. The van der Waals surface area contributed by atoms with Crippen LogP contribution in [0.1, 0.15) is 30.4 Å². The highest BCUT2D eigenvalue weighted by atomic mass is 35.5. The third-order valence-corrected chi connectivity index (χ3v) is 7.72. The summed E-state index contributed by atoms with van der Waals surface area (Å²) in [5.41, 5.74) is 3.17. The Morgan fingerprint density at radius 2 is 1.91 bits per heavy atom. The lowest BCUT2D eigenvalue weighted by Gasteiger charge is -2.43. The quantitative estimate of drug-likeness (QED) is 0.449. The predicted molar refractivity (Wildman–Crippen MR) is 137 cm³/mol. The summed E-state index contributed by atoms with van der Waals surface area (Å²) in [5, 5.41) is 8.65. The molecule has 2 aliphatic rings. The molecule has 2 heterocycles. The number of halogens is 1. The average molecular weight is 495 g/mol. The predicted octanol–water partition coefficient (Wildman–Crippen LogP) is 4.18. The molecule has 3 atom stereocenters. The highest BCUT2D eigenvalue weighted by molar-refractivity contribution is 7.80. The fourth-order valence-corrected chi connectivity index (χ4v) is 5.65. The first-order valence-corrected chi connectivity index (χ1v) is 12.5. The Labute approximate surface area is 209 Å². The molecule has 3 aromatic rings. The molecule has 2 fully saturated rings. The second-order valence-electron chi connectivity index (χ2n) is 9.09. The number of hydrogen-bond acceptors (Lipinski definition) is 3. The zero-order chi connectivity index (χ0) is 23.7. The SMILES string of the molecule is O=C(NCCc1c[nH]c2ccccc12)C1CCC2C(=O)N(Cc3ccccc3Cl)C(=S)NC2C1. The summed E-state index contributed by atoms with van der Waals surface area (Å²) in [4.78, 5) is 31.0. The maximum atomic E-state index is 13.2. The van der Waals surface area contributed by atoms with Gasteiger partial charge in [0.2, 0.25) is 11.8 Å². The van der Waals surface area contributed by atoms with Crippen molar-refractivity contribution in [3.05, 3.63) is 70.9 Å². The van der Waals surface area contributed by atoms with Crippen LogP contribution in [0, 0.1) is 11.8 Å². The van der Waals surface area contributed by atoms with Crippen molar-refractivity contribution >= 4 is 51.6 Å². The summed E-state index contributed by atoms with van der Waals surface area (Å²) < 4.78 is 0. The van der Waals surface area contributed by atoms with E-state index in [9.17, 15) is 9.59 Å². The zero-order valence-corrected chi connectivity index (χ0v) is 20.3. The number of aromatic amines is 1. The van der Waals surface area contributed by atoms with Crippen molar-refractivity contribution in [2.45, 2.75) is 38.3 Å². The Kier molecular flexibility index (Phi) is 6.57. The minimum atomic E-state index is -0.176. The Hall–Kier alpha value is -2.90. The summed E-state index contributed by atoms with van der Waals surface area (Å²) in [6.45, 7) is 0.937. The number of hydrogen-bond donors (Lipinski definition) is 3. The number of carbonyl (C=O) groups excluding carboxylic acids is 2. The van der Waals surface area contributed by atoms with Crippen LogP contribution in [0.4, 0.5) is 0 Å². The van der Waals surface area contributed by atoms with Crippen LogP contribution in [0.2, 0.25) is 5.02 Å². The normalized spacial score (nSPS) is 22.4. The molecular formula is C26H27ClN4O2S. The highest BCUT2D eigenvalue weighted by Gasteiger charge is 2.44. The lowest BCUT2D eigenvalue weighted by Crippen LogP contribution is -2.61. The molecule has 0 bridgehead atoms. The number of benzene rings is 2. The smallest absolute Gasteiger partial charge is 0.234 e. The lowest BCUT2D eigenvalue weighted by atomic mass is 9.76. The lowest BCUT2D eigenvalue weighted by molar-refractivity contribution is -0.138. The van der Waals surface area contributed by atoms with Gasteiger partial charge in [-0.05, 0) is 61.2 Å². The van der Waals surface area contributed by atoms with Crippen LogP contribution in [0.5, 0.6) is 0 Å². The van der Waals surface area contributed by atoms with Crippen molar-refractivity contribution in [3.63, 3.8) is 0 Å². The van der Waals surface area contributed by atoms with Gasteiger partial charge in [-0.1, -0.05) is 48.0 Å². The third kappa shape index (κ3) is 4.55. The van der Waals surface area contributed by atoms with Gasteiger partial charge in [0.05, 0.1) is 12.5 Å². The van der Waals surface area contributed by atoms with Crippen molar-refractivity contribution in [1.82, 2.24) is 20.5 Å². The van der Waals surface area contributed by atoms with Crippen LogP contribution in [0.25, 0.3) is 10.9 Å². The first kappa shape index (κ1) is 22.9. The zero-order valence-electron chi connectivity index (χ0n) is 18.7. The van der Waals surface area contributed by atoms with Crippen LogP contribution in [0.15, 0.2) is 54.7 Å². The number of rotatable bonds is 6. The van der Waals surface area contributed by atoms with Crippen LogP contribution in [0.3, 0.4) is 0 Å². The van der Waals surface area contributed by atoms with E-state index in [0.717, 1.165) is 17.5 Å². The van der Waals surface area contributed by atoms with Gasteiger partial charge >= 0.3 is 0 Å². The molecule has 34 heavy (non-hydrogen) atoms. The van der Waals surface area contributed by atoms with Gasteiger partial charge in [0.15, 0.2) is 5.11 Å². The molecule has 1 aliphatic heterocycles. The van der Waals surface area contributed by atoms with E-state index in [-0.39, 0.29) is 29.7 Å². The molecule has 0 radical (unpaired) electrons. The fraction of sp³-hybridized carbons (Fsp3) is 0.346. The maximum Gasteiger partial charge on any atom is 0.234 e. The molecule has 5 rings (SSSR count). The van der Waals surface area contributed by atoms with Crippen LogP contribution < -0.4 is 10.6 Å². The molecule has 8 heteroatoms. The first-order chi connectivity index (χ1) is 16.5. The third-order valence-electron chi connectivity index (χ3n) is 7.01. The molecule has 3 unspecified atom stereocenters. The number of aromatic nitrogens is 1. The van der Waals surface area contributed by atoms with E-state index in [1.54, 1.807) is 4.90 Å². The highest BCUT2D eigenvalue weighted by Crippen LogP contribution is 2.34. The molecule has 2 aromatic carbocycles. The molecule has 6 nitrogen and oxygen atoms in total. The minimum absolute atomic E-state index is 0.0202. The van der Waals surface area contributed by atoms with Gasteiger partial charge in [-0.3, -0.25) is 14.5 Å². The number of amides is 2. The van der Waals surface area contributed by atoms with Gasteiger partial charge in [0.1, 0.15) is 0 Å². The summed E-state index contributed by atoms with van der Waals surface area (Å²) in [7, 11) is 0. The second-order valence-corrected chi connectivity index (χ2v) is 9.88. The molecule has 1 saturated heterocycles. The monoisotopic (exact) mass is 494 g/mol. The van der Waals surface area contributed by atoms with Gasteiger partial charge in [0, 0.05) is 40.6 Å². The van der Waals surface area contributed by atoms with E-state index in [1.807, 2.05) is 48.7 Å². The van der Waals surface area contributed by atoms with Gasteiger partial charge in [0.25, 0.3) is 0 Å². The first-order valence-electron chi connectivity index (χ1n) is 11.7. The van der Waals surface area contributed by atoms with E-state index >= 15 is 0 Å². The van der Waals surface area contributed by atoms with Crippen LogP contribution in [-0.2, 0) is 22.6 Å². The Morgan fingerprint density at radius 3 is 2.76 bits per heavy atom. The Morgan fingerprint density at radius 1 is 1.12 bits per heavy atom.